The second-order valence-corrected chi connectivity index (χ2v) is 4.65. The lowest BCUT2D eigenvalue weighted by atomic mass is 9.96. The van der Waals surface area contributed by atoms with Crippen LogP contribution in [0.25, 0.3) is 0 Å². The van der Waals surface area contributed by atoms with Crippen molar-refractivity contribution in [2.75, 3.05) is 7.05 Å². The van der Waals surface area contributed by atoms with Crippen molar-refractivity contribution in [3.05, 3.63) is 0 Å². The Kier molecular flexibility index (Phi) is 4.92. The van der Waals surface area contributed by atoms with Gasteiger partial charge in [0.15, 0.2) is 0 Å². The number of nitrogens with zero attached hydrogens (tertiary/aromatic N) is 1. The van der Waals surface area contributed by atoms with E-state index >= 15 is 0 Å². The van der Waals surface area contributed by atoms with Gasteiger partial charge in [-0.3, -0.25) is 0 Å². The molecule has 0 heterocycles. The van der Waals surface area contributed by atoms with Gasteiger partial charge in [0, 0.05) is 19.1 Å². The highest BCUT2D eigenvalue weighted by Crippen LogP contribution is 2.17. The van der Waals surface area contributed by atoms with Gasteiger partial charge in [-0.1, -0.05) is 26.2 Å². The minimum Gasteiger partial charge on any atom is -0.335 e. The fraction of sp³-hybridized carbons (Fsp3) is 0.917. The molecule has 3 nitrogen and oxygen atoms in total. The van der Waals surface area contributed by atoms with E-state index < -0.39 is 0 Å². The molecule has 2 amide bonds. The molecule has 1 fully saturated rings. The quantitative estimate of drug-likeness (QED) is 0.766. The van der Waals surface area contributed by atoms with E-state index in [-0.39, 0.29) is 6.03 Å². The number of carbonyl (C=O) groups is 1. The first-order valence-corrected chi connectivity index (χ1v) is 6.18. The molecule has 1 aliphatic carbocycles. The third-order valence-electron chi connectivity index (χ3n) is 3.51. The molecule has 1 aliphatic rings. The van der Waals surface area contributed by atoms with Crippen LogP contribution >= 0.6 is 0 Å². The van der Waals surface area contributed by atoms with Crippen LogP contribution in [-0.2, 0) is 0 Å². The summed E-state index contributed by atoms with van der Waals surface area (Å²) in [6.45, 7) is 4.19. The normalized spacial score (nSPS) is 19.7. The molecule has 0 aromatic carbocycles. The van der Waals surface area contributed by atoms with Crippen molar-refractivity contribution in [3.63, 3.8) is 0 Å². The van der Waals surface area contributed by atoms with Crippen LogP contribution in [0.4, 0.5) is 4.79 Å². The van der Waals surface area contributed by atoms with Gasteiger partial charge >= 0.3 is 6.03 Å². The first-order valence-electron chi connectivity index (χ1n) is 6.18. The van der Waals surface area contributed by atoms with E-state index in [0.29, 0.717) is 12.1 Å². The van der Waals surface area contributed by atoms with Crippen molar-refractivity contribution in [2.45, 2.75) is 64.5 Å². The monoisotopic (exact) mass is 212 g/mol. The van der Waals surface area contributed by atoms with Crippen molar-refractivity contribution < 1.29 is 4.79 Å². The fourth-order valence-electron chi connectivity index (χ4n) is 2.00. The van der Waals surface area contributed by atoms with E-state index in [2.05, 4.69) is 19.2 Å². The maximum atomic E-state index is 11.8. The zero-order valence-corrected chi connectivity index (χ0v) is 10.3. The Morgan fingerprint density at radius 2 is 2.00 bits per heavy atom. The summed E-state index contributed by atoms with van der Waals surface area (Å²) in [6, 6.07) is 0.836. The summed E-state index contributed by atoms with van der Waals surface area (Å²) in [5.41, 5.74) is 0. The molecule has 0 spiro atoms. The first-order chi connectivity index (χ1) is 7.15. The molecule has 0 aliphatic heterocycles. The van der Waals surface area contributed by atoms with Crippen LogP contribution < -0.4 is 5.32 Å². The lowest BCUT2D eigenvalue weighted by Gasteiger charge is -2.29. The van der Waals surface area contributed by atoms with Gasteiger partial charge in [0.05, 0.1) is 0 Å². The topological polar surface area (TPSA) is 32.3 Å². The lowest BCUT2D eigenvalue weighted by Crippen LogP contribution is -2.46. The third kappa shape index (κ3) is 3.73. The van der Waals surface area contributed by atoms with Crippen LogP contribution in [0.1, 0.15) is 52.4 Å². The standard InChI is InChI=1S/C12H24N2O/c1-4-10(2)14(3)12(15)13-11-8-6-5-7-9-11/h10-11H,4-9H2,1-3H3,(H,13,15). The van der Waals surface area contributed by atoms with Crippen molar-refractivity contribution in [2.24, 2.45) is 0 Å². The molecule has 1 unspecified atom stereocenters. The molecule has 0 aromatic rings. The molecular weight excluding hydrogens is 188 g/mol. The highest BCUT2D eigenvalue weighted by atomic mass is 16.2. The van der Waals surface area contributed by atoms with Crippen LogP contribution in [0.5, 0.6) is 0 Å². The number of amides is 2. The molecule has 0 aromatic heterocycles. The highest BCUT2D eigenvalue weighted by molar-refractivity contribution is 5.74. The zero-order chi connectivity index (χ0) is 11.3. The van der Waals surface area contributed by atoms with E-state index in [0.717, 1.165) is 19.3 Å². The predicted molar refractivity (Wildman–Crippen MR) is 62.9 cm³/mol. The summed E-state index contributed by atoms with van der Waals surface area (Å²) >= 11 is 0. The third-order valence-corrected chi connectivity index (χ3v) is 3.51. The summed E-state index contributed by atoms with van der Waals surface area (Å²) in [5.74, 6) is 0. The molecule has 0 radical (unpaired) electrons. The van der Waals surface area contributed by atoms with Crippen molar-refractivity contribution in [3.8, 4) is 0 Å². The van der Waals surface area contributed by atoms with Gasteiger partial charge in [0.1, 0.15) is 0 Å². The van der Waals surface area contributed by atoms with Gasteiger partial charge in [-0.25, -0.2) is 4.79 Å². The average Bonchev–Trinajstić information content (AvgIpc) is 2.28. The number of rotatable bonds is 3. The molecule has 15 heavy (non-hydrogen) atoms. The molecule has 0 saturated heterocycles. The van der Waals surface area contributed by atoms with Gasteiger partial charge in [0.25, 0.3) is 0 Å². The number of urea groups is 1. The van der Waals surface area contributed by atoms with Crippen LogP contribution in [0.3, 0.4) is 0 Å². The molecule has 1 N–H and O–H groups in total. The number of hydrogen-bond donors (Lipinski definition) is 1. The Labute approximate surface area is 93.2 Å². The molecule has 1 atom stereocenters. The van der Waals surface area contributed by atoms with E-state index in [1.165, 1.54) is 19.3 Å². The Balaban J connectivity index is 2.33. The molecule has 1 rings (SSSR count). The SMILES string of the molecule is CCC(C)N(C)C(=O)NC1CCCCC1. The van der Waals surface area contributed by atoms with Gasteiger partial charge in [-0.15, -0.1) is 0 Å². The number of carbonyl (C=O) groups excluding carboxylic acids is 1. The molecular formula is C12H24N2O. The van der Waals surface area contributed by atoms with Crippen molar-refractivity contribution in [1.29, 1.82) is 0 Å². The summed E-state index contributed by atoms with van der Waals surface area (Å²) in [7, 11) is 1.88. The van der Waals surface area contributed by atoms with E-state index in [1.807, 2.05) is 11.9 Å². The number of nitrogens with one attached hydrogen (secondary N) is 1. The van der Waals surface area contributed by atoms with E-state index in [9.17, 15) is 4.79 Å². The minimum absolute atomic E-state index is 0.0938. The van der Waals surface area contributed by atoms with Gasteiger partial charge in [-0.05, 0) is 26.2 Å². The number of hydrogen-bond acceptors (Lipinski definition) is 1. The van der Waals surface area contributed by atoms with E-state index in [4.69, 9.17) is 0 Å². The summed E-state index contributed by atoms with van der Waals surface area (Å²) in [5, 5.41) is 3.12. The Bertz CT molecular complexity index is 200. The van der Waals surface area contributed by atoms with Crippen molar-refractivity contribution in [1.82, 2.24) is 10.2 Å². The smallest absolute Gasteiger partial charge is 0.317 e. The summed E-state index contributed by atoms with van der Waals surface area (Å²) < 4.78 is 0. The summed E-state index contributed by atoms with van der Waals surface area (Å²) in [4.78, 5) is 13.6. The maximum absolute atomic E-state index is 11.8. The molecule has 3 heteroatoms. The fourth-order valence-corrected chi connectivity index (χ4v) is 2.00. The van der Waals surface area contributed by atoms with E-state index in [1.54, 1.807) is 0 Å². The Morgan fingerprint density at radius 3 is 2.53 bits per heavy atom. The minimum atomic E-state index is 0.0938. The molecule has 0 bridgehead atoms. The Hall–Kier alpha value is -0.730. The molecule has 88 valence electrons. The first kappa shape index (κ1) is 12.3. The van der Waals surface area contributed by atoms with Crippen LogP contribution in [0.15, 0.2) is 0 Å². The Morgan fingerprint density at radius 1 is 1.40 bits per heavy atom. The second-order valence-electron chi connectivity index (χ2n) is 4.65. The largest absolute Gasteiger partial charge is 0.335 e. The highest BCUT2D eigenvalue weighted by Gasteiger charge is 2.19. The second kappa shape index (κ2) is 5.99. The van der Waals surface area contributed by atoms with Crippen LogP contribution in [-0.4, -0.2) is 30.1 Å². The van der Waals surface area contributed by atoms with Crippen LogP contribution in [0.2, 0.25) is 0 Å². The lowest BCUT2D eigenvalue weighted by molar-refractivity contribution is 0.185. The predicted octanol–water partition coefficient (Wildman–Crippen LogP) is 2.76. The van der Waals surface area contributed by atoms with Crippen LogP contribution in [0, 0.1) is 0 Å². The van der Waals surface area contributed by atoms with Crippen molar-refractivity contribution >= 4 is 6.03 Å². The molecule has 1 saturated carbocycles. The van der Waals surface area contributed by atoms with Gasteiger partial charge in [0.2, 0.25) is 0 Å². The van der Waals surface area contributed by atoms with Gasteiger partial charge in [-0.2, -0.15) is 0 Å². The van der Waals surface area contributed by atoms with Gasteiger partial charge < -0.3 is 10.2 Å². The zero-order valence-electron chi connectivity index (χ0n) is 10.3. The average molecular weight is 212 g/mol. The maximum Gasteiger partial charge on any atom is 0.317 e. The summed E-state index contributed by atoms with van der Waals surface area (Å²) in [6.07, 6.45) is 7.16.